The third-order valence-electron chi connectivity index (χ3n) is 10.3. The maximum absolute atomic E-state index is 12.5. The largest absolute Gasteiger partial charge is 0.457 e. The summed E-state index contributed by atoms with van der Waals surface area (Å²) >= 11 is 0. The first-order valence-electron chi connectivity index (χ1n) is 23.5. The first-order valence-corrected chi connectivity index (χ1v) is 23.5. The molecule has 12 heteroatoms. The van der Waals surface area contributed by atoms with Crippen LogP contribution in [0.5, 0.6) is 34.5 Å². The normalized spacial score (nSPS) is 10.7. The maximum atomic E-state index is 12.5. The molecule has 0 radical (unpaired) electrons. The molecule has 6 N–H and O–H groups in total. The van der Waals surface area contributed by atoms with Crippen molar-refractivity contribution in [2.24, 2.45) is 0 Å². The summed E-state index contributed by atoms with van der Waals surface area (Å²) in [7, 11) is 0. The molecule has 0 fully saturated rings. The second kappa shape index (κ2) is 30.2. The number of carbonyl (C=O) groups excluding carboxylic acids is 3. The van der Waals surface area contributed by atoms with Crippen molar-refractivity contribution in [1.82, 2.24) is 16.0 Å². The zero-order valence-electron chi connectivity index (χ0n) is 38.0. The number of urea groups is 3. The molecule has 63 heavy (non-hydrogen) atoms. The van der Waals surface area contributed by atoms with Crippen molar-refractivity contribution >= 4 is 35.2 Å². The SMILES string of the molecule is CCCCCCCCNC(=O)Nc1ccc(Oc2cc(Oc3ccc(NC(=O)NCCCCCCCC)cc3)cc(Oc3ccc(NC(=O)NCCCCCCCC)cc3)c2)cc1. The van der Waals surface area contributed by atoms with Gasteiger partial charge in [0.15, 0.2) is 0 Å². The molecular weight excluding hydrogens is 793 g/mol. The number of amides is 6. The van der Waals surface area contributed by atoms with Crippen LogP contribution in [0.2, 0.25) is 0 Å². The molecule has 0 saturated heterocycles. The van der Waals surface area contributed by atoms with Crippen LogP contribution in [0.15, 0.2) is 91.0 Å². The van der Waals surface area contributed by atoms with Crippen LogP contribution in [-0.4, -0.2) is 37.7 Å². The highest BCUT2D eigenvalue weighted by atomic mass is 16.5. The van der Waals surface area contributed by atoms with Gasteiger partial charge in [-0.15, -0.1) is 0 Å². The number of ether oxygens (including phenoxy) is 3. The van der Waals surface area contributed by atoms with E-state index >= 15 is 0 Å². The predicted octanol–water partition coefficient (Wildman–Crippen LogP) is 14.5. The van der Waals surface area contributed by atoms with Gasteiger partial charge in [0.25, 0.3) is 0 Å². The standard InChI is InChI=1S/C51H72N6O6/c1-4-7-10-13-16-19-34-52-49(58)55-40-22-28-43(29-23-40)61-46-37-47(62-44-30-24-41(25-31-44)56-50(59)53-35-20-17-14-11-8-5-2)39-48(38-46)63-45-32-26-42(27-33-45)57-51(60)54-36-21-18-15-12-9-6-3/h22-33,37-39H,4-21,34-36H2,1-3H3,(H2,52,55,58)(H2,53,56,59)(H2,54,57,60). The minimum absolute atomic E-state index is 0.241. The van der Waals surface area contributed by atoms with E-state index in [1.807, 2.05) is 0 Å². The second-order valence-corrected chi connectivity index (χ2v) is 16.0. The van der Waals surface area contributed by atoms with Crippen LogP contribution in [0.3, 0.4) is 0 Å². The Hall–Kier alpha value is -5.91. The van der Waals surface area contributed by atoms with Crippen LogP contribution in [0, 0.1) is 0 Å². The number of rotatable bonds is 30. The van der Waals surface area contributed by atoms with Crippen molar-refractivity contribution in [3.05, 3.63) is 91.0 Å². The topological polar surface area (TPSA) is 151 Å². The fourth-order valence-electron chi connectivity index (χ4n) is 6.80. The molecule has 4 aromatic carbocycles. The second-order valence-electron chi connectivity index (χ2n) is 16.0. The summed E-state index contributed by atoms with van der Waals surface area (Å²) in [6.07, 6.45) is 20.9. The molecule has 0 aliphatic heterocycles. The molecule has 4 rings (SSSR count). The first-order chi connectivity index (χ1) is 30.8. The van der Waals surface area contributed by atoms with Crippen LogP contribution in [0.25, 0.3) is 0 Å². The van der Waals surface area contributed by atoms with E-state index in [0.717, 1.165) is 38.5 Å². The Balaban J connectivity index is 1.36. The quantitative estimate of drug-likeness (QED) is 0.0287. The predicted molar refractivity (Wildman–Crippen MR) is 257 cm³/mol. The average molecular weight is 865 g/mol. The number of anilines is 3. The summed E-state index contributed by atoms with van der Waals surface area (Å²) in [5.74, 6) is 3.02. The Morgan fingerprint density at radius 3 is 0.825 bits per heavy atom. The van der Waals surface area contributed by atoms with E-state index in [1.165, 1.54) is 77.0 Å². The van der Waals surface area contributed by atoms with E-state index in [0.29, 0.717) is 71.2 Å². The Labute approximate surface area is 376 Å². The maximum Gasteiger partial charge on any atom is 0.319 e. The van der Waals surface area contributed by atoms with Gasteiger partial charge in [0, 0.05) is 54.9 Å². The zero-order chi connectivity index (χ0) is 44.7. The fourth-order valence-corrected chi connectivity index (χ4v) is 6.80. The van der Waals surface area contributed by atoms with Crippen LogP contribution in [0.1, 0.15) is 136 Å². The number of unbranched alkanes of at least 4 members (excludes halogenated alkanes) is 15. The first kappa shape index (κ1) is 49.7. The van der Waals surface area contributed by atoms with E-state index < -0.39 is 0 Å². The van der Waals surface area contributed by atoms with Gasteiger partial charge in [-0.05, 0) is 92.1 Å². The van der Waals surface area contributed by atoms with Gasteiger partial charge in [-0.2, -0.15) is 0 Å². The van der Waals surface area contributed by atoms with E-state index in [9.17, 15) is 14.4 Å². The molecule has 12 nitrogen and oxygen atoms in total. The Morgan fingerprint density at radius 2 is 0.571 bits per heavy atom. The van der Waals surface area contributed by atoms with Gasteiger partial charge in [-0.3, -0.25) is 0 Å². The average Bonchev–Trinajstić information content (AvgIpc) is 3.27. The van der Waals surface area contributed by atoms with Crippen molar-refractivity contribution in [3.63, 3.8) is 0 Å². The Kier molecular flexibility index (Phi) is 23.8. The molecule has 4 aromatic rings. The van der Waals surface area contributed by atoms with E-state index in [2.05, 4.69) is 52.7 Å². The molecule has 6 amide bonds. The number of nitrogens with one attached hydrogen (secondary N) is 6. The van der Waals surface area contributed by atoms with Crippen molar-refractivity contribution < 1.29 is 28.6 Å². The third-order valence-corrected chi connectivity index (χ3v) is 10.3. The van der Waals surface area contributed by atoms with Crippen LogP contribution in [0.4, 0.5) is 31.4 Å². The molecule has 0 heterocycles. The van der Waals surface area contributed by atoms with Gasteiger partial charge in [-0.1, -0.05) is 117 Å². The minimum atomic E-state index is -0.241. The van der Waals surface area contributed by atoms with E-state index in [1.54, 1.807) is 91.0 Å². The van der Waals surface area contributed by atoms with Crippen molar-refractivity contribution in [2.75, 3.05) is 35.6 Å². The lowest BCUT2D eigenvalue weighted by atomic mass is 10.1. The molecular formula is C51H72N6O6. The summed E-state index contributed by atoms with van der Waals surface area (Å²) in [4.78, 5) is 37.4. The van der Waals surface area contributed by atoms with Gasteiger partial charge < -0.3 is 46.1 Å². The highest BCUT2D eigenvalue weighted by molar-refractivity contribution is 5.90. The van der Waals surface area contributed by atoms with Crippen LogP contribution in [-0.2, 0) is 0 Å². The third kappa shape index (κ3) is 21.6. The van der Waals surface area contributed by atoms with Gasteiger partial charge in [0.2, 0.25) is 0 Å². The Morgan fingerprint density at radius 1 is 0.333 bits per heavy atom. The molecule has 0 bridgehead atoms. The molecule has 0 saturated carbocycles. The molecule has 0 aliphatic carbocycles. The highest BCUT2D eigenvalue weighted by Gasteiger charge is 2.11. The van der Waals surface area contributed by atoms with Crippen LogP contribution >= 0.6 is 0 Å². The van der Waals surface area contributed by atoms with Gasteiger partial charge in [0.1, 0.15) is 34.5 Å². The van der Waals surface area contributed by atoms with Gasteiger partial charge >= 0.3 is 18.1 Å². The van der Waals surface area contributed by atoms with Crippen LogP contribution < -0.4 is 46.1 Å². The van der Waals surface area contributed by atoms with Crippen molar-refractivity contribution in [1.29, 1.82) is 0 Å². The van der Waals surface area contributed by atoms with E-state index in [-0.39, 0.29) is 18.1 Å². The molecule has 0 unspecified atom stereocenters. The number of hydrogen-bond acceptors (Lipinski definition) is 6. The summed E-state index contributed by atoms with van der Waals surface area (Å²) in [5, 5.41) is 17.4. The van der Waals surface area contributed by atoms with Gasteiger partial charge in [0.05, 0.1) is 0 Å². The summed E-state index contributed by atoms with van der Waals surface area (Å²) in [6.45, 7) is 8.52. The minimum Gasteiger partial charge on any atom is -0.457 e. The summed E-state index contributed by atoms with van der Waals surface area (Å²) < 4.78 is 18.8. The highest BCUT2D eigenvalue weighted by Crippen LogP contribution is 2.36. The molecule has 0 aliphatic rings. The zero-order valence-corrected chi connectivity index (χ0v) is 38.0. The number of benzene rings is 4. The molecule has 0 atom stereocenters. The summed E-state index contributed by atoms with van der Waals surface area (Å²) in [6, 6.07) is 25.9. The lowest BCUT2D eigenvalue weighted by molar-refractivity contribution is 0.251. The fraction of sp³-hybridized carbons (Fsp3) is 0.471. The molecule has 0 spiro atoms. The van der Waals surface area contributed by atoms with Gasteiger partial charge in [-0.25, -0.2) is 14.4 Å². The smallest absolute Gasteiger partial charge is 0.319 e. The number of hydrogen-bond donors (Lipinski definition) is 6. The van der Waals surface area contributed by atoms with Crippen molar-refractivity contribution in [3.8, 4) is 34.5 Å². The lowest BCUT2D eigenvalue weighted by Gasteiger charge is -2.14. The number of carbonyl (C=O) groups is 3. The molecule has 0 aromatic heterocycles. The van der Waals surface area contributed by atoms with Crippen molar-refractivity contribution in [2.45, 2.75) is 136 Å². The molecule has 342 valence electrons. The van der Waals surface area contributed by atoms with E-state index in [4.69, 9.17) is 14.2 Å². The monoisotopic (exact) mass is 865 g/mol. The Bertz CT molecular complexity index is 1660. The lowest BCUT2D eigenvalue weighted by Crippen LogP contribution is -2.29. The summed E-state index contributed by atoms with van der Waals surface area (Å²) in [5.41, 5.74) is 1.93.